The number of para-hydroxylation sites is 1. The van der Waals surface area contributed by atoms with E-state index in [1.54, 1.807) is 29.8 Å². The standard InChI is InChI=1S/C21H17N3O4/c1-14-17(12-22)18(24(23-14)16-5-3-2-4-6-16)13-28-21(25)15-7-8-19-20(11-15)27-10-9-26-19/h2-8,11H,9-10,13H2,1H3. The summed E-state index contributed by atoms with van der Waals surface area (Å²) in [6.07, 6.45) is 0. The number of aryl methyl sites for hydroxylation is 1. The molecule has 0 spiro atoms. The molecule has 0 radical (unpaired) electrons. The summed E-state index contributed by atoms with van der Waals surface area (Å²) in [5.41, 5.74) is 2.65. The Morgan fingerprint density at radius 3 is 2.68 bits per heavy atom. The highest BCUT2D eigenvalue weighted by Gasteiger charge is 2.20. The number of benzene rings is 2. The molecule has 0 amide bonds. The maximum Gasteiger partial charge on any atom is 0.338 e. The maximum absolute atomic E-state index is 12.5. The Morgan fingerprint density at radius 2 is 1.93 bits per heavy atom. The Morgan fingerprint density at radius 1 is 1.18 bits per heavy atom. The van der Waals surface area contributed by atoms with Gasteiger partial charge in [0.2, 0.25) is 0 Å². The van der Waals surface area contributed by atoms with Crippen molar-refractivity contribution in [2.45, 2.75) is 13.5 Å². The van der Waals surface area contributed by atoms with Gasteiger partial charge in [0.05, 0.1) is 22.6 Å². The SMILES string of the molecule is Cc1nn(-c2ccccc2)c(COC(=O)c2ccc3c(c2)OCCO3)c1C#N. The lowest BCUT2D eigenvalue weighted by Crippen LogP contribution is -2.16. The number of hydrogen-bond acceptors (Lipinski definition) is 6. The summed E-state index contributed by atoms with van der Waals surface area (Å²) in [5, 5.41) is 13.9. The van der Waals surface area contributed by atoms with Crippen LogP contribution in [-0.4, -0.2) is 29.0 Å². The monoisotopic (exact) mass is 375 g/mol. The summed E-state index contributed by atoms with van der Waals surface area (Å²) in [6.45, 7) is 2.60. The molecular weight excluding hydrogens is 358 g/mol. The lowest BCUT2D eigenvalue weighted by Gasteiger charge is -2.18. The second-order valence-electron chi connectivity index (χ2n) is 6.20. The molecule has 0 fully saturated rings. The van der Waals surface area contributed by atoms with Crippen molar-refractivity contribution in [3.8, 4) is 23.3 Å². The van der Waals surface area contributed by atoms with E-state index in [4.69, 9.17) is 14.2 Å². The molecule has 0 unspecified atom stereocenters. The highest BCUT2D eigenvalue weighted by Crippen LogP contribution is 2.31. The molecule has 2 heterocycles. The van der Waals surface area contributed by atoms with Gasteiger partial charge in [0, 0.05) is 0 Å². The van der Waals surface area contributed by atoms with Gasteiger partial charge in [-0.1, -0.05) is 18.2 Å². The average molecular weight is 375 g/mol. The van der Waals surface area contributed by atoms with E-state index in [0.29, 0.717) is 47.2 Å². The molecule has 3 aromatic rings. The summed E-state index contributed by atoms with van der Waals surface area (Å²) in [7, 11) is 0. The molecule has 1 aliphatic rings. The van der Waals surface area contributed by atoms with E-state index in [0.717, 1.165) is 5.69 Å². The van der Waals surface area contributed by atoms with Crippen LogP contribution in [0.2, 0.25) is 0 Å². The molecular formula is C21H17N3O4. The topological polar surface area (TPSA) is 86.4 Å². The van der Waals surface area contributed by atoms with Crippen LogP contribution in [0.3, 0.4) is 0 Å². The molecule has 0 saturated heterocycles. The molecule has 0 bridgehead atoms. The summed E-state index contributed by atoms with van der Waals surface area (Å²) < 4.78 is 18.1. The zero-order valence-corrected chi connectivity index (χ0v) is 15.2. The van der Waals surface area contributed by atoms with Gasteiger partial charge < -0.3 is 14.2 Å². The highest BCUT2D eigenvalue weighted by atomic mass is 16.6. The van der Waals surface area contributed by atoms with E-state index in [9.17, 15) is 10.1 Å². The van der Waals surface area contributed by atoms with Crippen LogP contribution in [0.15, 0.2) is 48.5 Å². The van der Waals surface area contributed by atoms with Crippen LogP contribution < -0.4 is 9.47 Å². The van der Waals surface area contributed by atoms with E-state index >= 15 is 0 Å². The summed E-state index contributed by atoms with van der Waals surface area (Å²) in [6, 6.07) is 16.5. The number of rotatable bonds is 4. The first kappa shape index (κ1) is 17.6. The van der Waals surface area contributed by atoms with Crippen LogP contribution >= 0.6 is 0 Å². The normalized spacial score (nSPS) is 12.3. The Hall–Kier alpha value is -3.79. The smallest absolute Gasteiger partial charge is 0.338 e. The van der Waals surface area contributed by atoms with Gasteiger partial charge in [0.15, 0.2) is 11.5 Å². The van der Waals surface area contributed by atoms with E-state index in [1.165, 1.54) is 0 Å². The van der Waals surface area contributed by atoms with Gasteiger partial charge in [-0.2, -0.15) is 10.4 Å². The number of nitriles is 1. The number of hydrogen-bond donors (Lipinski definition) is 0. The van der Waals surface area contributed by atoms with Gasteiger partial charge in [-0.3, -0.25) is 0 Å². The molecule has 2 aromatic carbocycles. The number of carbonyl (C=O) groups is 1. The van der Waals surface area contributed by atoms with Gasteiger partial charge in [-0.15, -0.1) is 0 Å². The fraction of sp³-hybridized carbons (Fsp3) is 0.190. The summed E-state index contributed by atoms with van der Waals surface area (Å²) >= 11 is 0. The van der Waals surface area contributed by atoms with Gasteiger partial charge in [-0.25, -0.2) is 9.48 Å². The Balaban J connectivity index is 1.58. The highest BCUT2D eigenvalue weighted by molar-refractivity contribution is 5.90. The molecule has 1 aliphatic heterocycles. The van der Waals surface area contributed by atoms with E-state index < -0.39 is 5.97 Å². The fourth-order valence-electron chi connectivity index (χ4n) is 3.02. The lowest BCUT2D eigenvalue weighted by molar-refractivity contribution is 0.0463. The molecule has 0 N–H and O–H groups in total. The number of nitrogens with zero attached hydrogens (tertiary/aromatic N) is 3. The average Bonchev–Trinajstić information content (AvgIpc) is 3.07. The second kappa shape index (κ2) is 7.45. The summed E-state index contributed by atoms with van der Waals surface area (Å²) in [4.78, 5) is 12.5. The van der Waals surface area contributed by atoms with Gasteiger partial charge >= 0.3 is 5.97 Å². The van der Waals surface area contributed by atoms with E-state index in [-0.39, 0.29) is 6.61 Å². The molecule has 0 saturated carbocycles. The number of esters is 1. The minimum Gasteiger partial charge on any atom is -0.486 e. The van der Waals surface area contributed by atoms with Crippen LogP contribution in [0.4, 0.5) is 0 Å². The van der Waals surface area contributed by atoms with Crippen molar-refractivity contribution in [2.24, 2.45) is 0 Å². The van der Waals surface area contributed by atoms with Crippen molar-refractivity contribution in [1.29, 1.82) is 5.26 Å². The summed E-state index contributed by atoms with van der Waals surface area (Å²) in [5.74, 6) is 0.607. The minimum atomic E-state index is -0.515. The molecule has 7 heteroatoms. The molecule has 1 aromatic heterocycles. The van der Waals surface area contributed by atoms with Gasteiger partial charge in [-0.05, 0) is 37.3 Å². The fourth-order valence-corrected chi connectivity index (χ4v) is 3.02. The predicted molar refractivity (Wildman–Crippen MR) is 99.6 cm³/mol. The number of aromatic nitrogens is 2. The number of ether oxygens (including phenoxy) is 3. The van der Waals surface area contributed by atoms with E-state index in [1.807, 2.05) is 30.3 Å². The molecule has 0 atom stereocenters. The zero-order chi connectivity index (χ0) is 19.5. The quantitative estimate of drug-likeness (QED) is 0.651. The maximum atomic E-state index is 12.5. The minimum absolute atomic E-state index is 0.0775. The van der Waals surface area contributed by atoms with E-state index in [2.05, 4.69) is 11.2 Å². The van der Waals surface area contributed by atoms with Crippen molar-refractivity contribution in [2.75, 3.05) is 13.2 Å². The van der Waals surface area contributed by atoms with Crippen molar-refractivity contribution in [3.05, 3.63) is 71.0 Å². The molecule has 28 heavy (non-hydrogen) atoms. The molecule has 0 aliphatic carbocycles. The molecule has 7 nitrogen and oxygen atoms in total. The van der Waals surface area contributed by atoms with Crippen LogP contribution in [-0.2, 0) is 11.3 Å². The van der Waals surface area contributed by atoms with Crippen molar-refractivity contribution in [3.63, 3.8) is 0 Å². The van der Waals surface area contributed by atoms with Gasteiger partial charge in [0.1, 0.15) is 31.5 Å². The van der Waals surface area contributed by atoms with Crippen LogP contribution in [0, 0.1) is 18.3 Å². The molecule has 4 rings (SSSR count). The third kappa shape index (κ3) is 3.28. The number of carbonyl (C=O) groups excluding carboxylic acids is 1. The van der Waals surface area contributed by atoms with Crippen LogP contribution in [0.25, 0.3) is 5.69 Å². The first-order valence-electron chi connectivity index (χ1n) is 8.78. The largest absolute Gasteiger partial charge is 0.486 e. The first-order chi connectivity index (χ1) is 13.7. The third-order valence-electron chi connectivity index (χ3n) is 4.39. The Labute approximate surface area is 161 Å². The van der Waals surface area contributed by atoms with Crippen LogP contribution in [0.5, 0.6) is 11.5 Å². The zero-order valence-electron chi connectivity index (χ0n) is 15.2. The van der Waals surface area contributed by atoms with Crippen molar-refractivity contribution >= 4 is 5.97 Å². The van der Waals surface area contributed by atoms with Crippen molar-refractivity contribution < 1.29 is 19.0 Å². The predicted octanol–water partition coefficient (Wildman–Crippen LogP) is 3.18. The lowest BCUT2D eigenvalue weighted by atomic mass is 10.2. The van der Waals surface area contributed by atoms with Crippen molar-refractivity contribution in [1.82, 2.24) is 9.78 Å². The Kier molecular flexibility index (Phi) is 4.68. The number of fused-ring (bicyclic) bond motifs is 1. The van der Waals surface area contributed by atoms with Gasteiger partial charge in [0.25, 0.3) is 0 Å². The first-order valence-corrected chi connectivity index (χ1v) is 8.78. The molecule has 140 valence electrons. The second-order valence-corrected chi connectivity index (χ2v) is 6.20. The Bertz CT molecular complexity index is 1070. The third-order valence-corrected chi connectivity index (χ3v) is 4.39. The van der Waals surface area contributed by atoms with Crippen LogP contribution in [0.1, 0.15) is 27.3 Å².